The highest BCUT2D eigenvalue weighted by atomic mass is 16.4. The maximum atomic E-state index is 12.0. The van der Waals surface area contributed by atoms with E-state index in [0.717, 1.165) is 24.2 Å². The molecule has 2 atom stereocenters. The highest BCUT2D eigenvalue weighted by Crippen LogP contribution is 2.19. The van der Waals surface area contributed by atoms with Gasteiger partial charge in [-0.05, 0) is 31.4 Å². The molecule has 1 amide bonds. The number of hydrogen-bond donors (Lipinski definition) is 2. The maximum absolute atomic E-state index is 12.0. The van der Waals surface area contributed by atoms with Gasteiger partial charge < -0.3 is 14.8 Å². The topological polar surface area (TPSA) is 62.5 Å². The van der Waals surface area contributed by atoms with Crippen LogP contribution in [-0.2, 0) is 6.42 Å². The lowest BCUT2D eigenvalue weighted by Gasteiger charge is -2.29. The molecule has 1 heterocycles. The molecule has 0 fully saturated rings. The third kappa shape index (κ3) is 3.83. The summed E-state index contributed by atoms with van der Waals surface area (Å²) in [5.41, 5.74) is 0.0842. The molecular formula is C15H25NO3. The van der Waals surface area contributed by atoms with Gasteiger partial charge in [0.05, 0.1) is 5.60 Å². The summed E-state index contributed by atoms with van der Waals surface area (Å²) >= 11 is 0. The van der Waals surface area contributed by atoms with Gasteiger partial charge in [0.25, 0.3) is 5.91 Å². The van der Waals surface area contributed by atoms with Crippen LogP contribution >= 0.6 is 0 Å². The predicted molar refractivity (Wildman–Crippen MR) is 75.2 cm³/mol. The van der Waals surface area contributed by atoms with Crippen LogP contribution in [0, 0.1) is 12.8 Å². The maximum Gasteiger partial charge on any atom is 0.287 e. The van der Waals surface area contributed by atoms with Crippen molar-refractivity contribution in [2.24, 2.45) is 5.92 Å². The van der Waals surface area contributed by atoms with Gasteiger partial charge in [-0.3, -0.25) is 4.79 Å². The average molecular weight is 267 g/mol. The van der Waals surface area contributed by atoms with Crippen molar-refractivity contribution in [2.45, 2.75) is 53.1 Å². The van der Waals surface area contributed by atoms with E-state index in [2.05, 4.69) is 5.32 Å². The second-order valence-electron chi connectivity index (χ2n) is 5.42. The quantitative estimate of drug-likeness (QED) is 0.833. The van der Waals surface area contributed by atoms with Crippen molar-refractivity contribution in [1.82, 2.24) is 5.32 Å². The SMILES string of the molecule is CCc1oc(C(=O)NCC(C)(O)C(C)CC)cc1C. The van der Waals surface area contributed by atoms with E-state index in [0.29, 0.717) is 5.76 Å². The molecule has 2 N–H and O–H groups in total. The van der Waals surface area contributed by atoms with E-state index in [4.69, 9.17) is 4.42 Å². The molecule has 0 saturated heterocycles. The van der Waals surface area contributed by atoms with Crippen molar-refractivity contribution in [3.63, 3.8) is 0 Å². The van der Waals surface area contributed by atoms with E-state index in [-0.39, 0.29) is 18.4 Å². The van der Waals surface area contributed by atoms with Crippen molar-refractivity contribution < 1.29 is 14.3 Å². The summed E-state index contributed by atoms with van der Waals surface area (Å²) in [6, 6.07) is 1.74. The number of carbonyl (C=O) groups excluding carboxylic acids is 1. The van der Waals surface area contributed by atoms with Gasteiger partial charge in [0.1, 0.15) is 5.76 Å². The third-order valence-electron chi connectivity index (χ3n) is 3.85. The summed E-state index contributed by atoms with van der Waals surface area (Å²) in [5.74, 6) is 0.997. The molecule has 0 aromatic carbocycles. The molecule has 2 unspecified atom stereocenters. The van der Waals surface area contributed by atoms with Crippen molar-refractivity contribution in [2.75, 3.05) is 6.54 Å². The summed E-state index contributed by atoms with van der Waals surface area (Å²) in [4.78, 5) is 12.0. The highest BCUT2D eigenvalue weighted by molar-refractivity contribution is 5.91. The molecule has 0 aliphatic heterocycles. The number of furan rings is 1. The van der Waals surface area contributed by atoms with Crippen molar-refractivity contribution in [3.05, 3.63) is 23.2 Å². The minimum atomic E-state index is -0.903. The predicted octanol–water partition coefficient (Wildman–Crippen LogP) is 2.68. The first-order valence-corrected chi connectivity index (χ1v) is 6.91. The minimum Gasteiger partial charge on any atom is -0.456 e. The van der Waals surface area contributed by atoms with Crippen LogP contribution in [0.1, 0.15) is 56.0 Å². The number of rotatable bonds is 6. The van der Waals surface area contributed by atoms with Crippen LogP contribution in [-0.4, -0.2) is 23.2 Å². The van der Waals surface area contributed by atoms with Crippen LogP contribution in [0.5, 0.6) is 0 Å². The lowest BCUT2D eigenvalue weighted by atomic mass is 9.88. The molecular weight excluding hydrogens is 242 g/mol. The summed E-state index contributed by atoms with van der Waals surface area (Å²) in [5, 5.41) is 13.0. The number of carbonyl (C=O) groups is 1. The van der Waals surface area contributed by atoms with Crippen molar-refractivity contribution >= 4 is 5.91 Å². The first kappa shape index (κ1) is 15.8. The average Bonchev–Trinajstić information content (AvgIpc) is 2.76. The second kappa shape index (κ2) is 6.24. The first-order valence-electron chi connectivity index (χ1n) is 6.91. The van der Waals surface area contributed by atoms with Gasteiger partial charge in [-0.1, -0.05) is 27.2 Å². The Kier molecular flexibility index (Phi) is 5.18. The fourth-order valence-corrected chi connectivity index (χ4v) is 1.94. The molecule has 1 rings (SSSR count). The fraction of sp³-hybridized carbons (Fsp3) is 0.667. The van der Waals surface area contributed by atoms with Crippen LogP contribution in [0.15, 0.2) is 10.5 Å². The molecule has 19 heavy (non-hydrogen) atoms. The Bertz CT molecular complexity index is 435. The van der Waals surface area contributed by atoms with E-state index < -0.39 is 5.60 Å². The van der Waals surface area contributed by atoms with Crippen LogP contribution in [0.25, 0.3) is 0 Å². The summed E-state index contributed by atoms with van der Waals surface area (Å²) in [7, 11) is 0. The fourth-order valence-electron chi connectivity index (χ4n) is 1.94. The monoisotopic (exact) mass is 267 g/mol. The van der Waals surface area contributed by atoms with E-state index in [1.54, 1.807) is 13.0 Å². The summed E-state index contributed by atoms with van der Waals surface area (Å²) in [6.07, 6.45) is 1.63. The number of aryl methyl sites for hydroxylation is 2. The number of hydrogen-bond acceptors (Lipinski definition) is 3. The van der Waals surface area contributed by atoms with E-state index in [9.17, 15) is 9.90 Å². The summed E-state index contributed by atoms with van der Waals surface area (Å²) in [6.45, 7) is 9.87. The Hall–Kier alpha value is -1.29. The van der Waals surface area contributed by atoms with Crippen LogP contribution < -0.4 is 5.32 Å². The Morgan fingerprint density at radius 1 is 1.53 bits per heavy atom. The zero-order chi connectivity index (χ0) is 14.6. The van der Waals surface area contributed by atoms with Gasteiger partial charge in [-0.25, -0.2) is 0 Å². The summed E-state index contributed by atoms with van der Waals surface area (Å²) < 4.78 is 5.48. The van der Waals surface area contributed by atoms with Gasteiger partial charge in [0, 0.05) is 13.0 Å². The number of amides is 1. The minimum absolute atomic E-state index is 0.123. The van der Waals surface area contributed by atoms with Crippen LogP contribution in [0.4, 0.5) is 0 Å². The van der Waals surface area contributed by atoms with Gasteiger partial charge >= 0.3 is 0 Å². The standard InChI is InChI=1S/C15H25NO3/c1-6-11(4)15(5,18)9-16-14(17)13-8-10(3)12(7-2)19-13/h8,11,18H,6-7,9H2,1-5H3,(H,16,17). The van der Waals surface area contributed by atoms with Crippen molar-refractivity contribution in [3.8, 4) is 0 Å². The Balaban J connectivity index is 2.65. The first-order chi connectivity index (χ1) is 8.81. The Morgan fingerprint density at radius 3 is 2.63 bits per heavy atom. The Morgan fingerprint density at radius 2 is 2.16 bits per heavy atom. The van der Waals surface area contributed by atoms with Gasteiger partial charge in [0.15, 0.2) is 5.76 Å². The lowest BCUT2D eigenvalue weighted by Crippen LogP contribution is -2.45. The molecule has 0 radical (unpaired) electrons. The zero-order valence-electron chi connectivity index (χ0n) is 12.5. The lowest BCUT2D eigenvalue weighted by molar-refractivity contribution is 0.00568. The molecule has 0 aliphatic rings. The normalized spacial score (nSPS) is 15.9. The molecule has 0 aliphatic carbocycles. The molecule has 1 aromatic heterocycles. The molecule has 0 spiro atoms. The number of nitrogens with one attached hydrogen (secondary N) is 1. The molecule has 0 bridgehead atoms. The molecule has 108 valence electrons. The van der Waals surface area contributed by atoms with Gasteiger partial charge in [0.2, 0.25) is 0 Å². The zero-order valence-corrected chi connectivity index (χ0v) is 12.5. The number of aliphatic hydroxyl groups is 1. The van der Waals surface area contributed by atoms with E-state index in [1.165, 1.54) is 0 Å². The largest absolute Gasteiger partial charge is 0.456 e. The van der Waals surface area contributed by atoms with Crippen LogP contribution in [0.2, 0.25) is 0 Å². The van der Waals surface area contributed by atoms with E-state index in [1.807, 2.05) is 27.7 Å². The highest BCUT2D eigenvalue weighted by Gasteiger charge is 2.28. The molecule has 4 heteroatoms. The van der Waals surface area contributed by atoms with Gasteiger partial charge in [-0.2, -0.15) is 0 Å². The third-order valence-corrected chi connectivity index (χ3v) is 3.85. The van der Waals surface area contributed by atoms with Gasteiger partial charge in [-0.15, -0.1) is 0 Å². The molecule has 1 aromatic rings. The van der Waals surface area contributed by atoms with Crippen LogP contribution in [0.3, 0.4) is 0 Å². The van der Waals surface area contributed by atoms with E-state index >= 15 is 0 Å². The molecule has 0 saturated carbocycles. The molecule has 4 nitrogen and oxygen atoms in total. The van der Waals surface area contributed by atoms with Crippen molar-refractivity contribution in [1.29, 1.82) is 0 Å². The Labute approximate surface area is 115 Å². The second-order valence-corrected chi connectivity index (χ2v) is 5.42. The smallest absolute Gasteiger partial charge is 0.287 e.